The first-order valence-corrected chi connectivity index (χ1v) is 10.1. The third kappa shape index (κ3) is 4.71. The molecule has 2 N–H and O–H groups in total. The van der Waals surface area contributed by atoms with Crippen LogP contribution in [-0.4, -0.2) is 39.8 Å². The van der Waals surface area contributed by atoms with Crippen LogP contribution in [0.4, 0.5) is 0 Å². The molecule has 0 saturated carbocycles. The number of benzene rings is 2. The topological polar surface area (TPSA) is 86.3 Å². The third-order valence-electron chi connectivity index (χ3n) is 4.48. The van der Waals surface area contributed by atoms with Gasteiger partial charge in [0.15, 0.2) is 5.82 Å². The van der Waals surface area contributed by atoms with Gasteiger partial charge in [0, 0.05) is 14.1 Å². The highest BCUT2D eigenvalue weighted by atomic mass is 32.2. The number of carbonyl (C=O) groups excluding carboxylic acids is 1. The quantitative estimate of drug-likeness (QED) is 0.475. The van der Waals surface area contributed by atoms with E-state index in [1.165, 1.54) is 16.4 Å². The number of nitrogens with two attached hydrogens (primary N) is 1. The van der Waals surface area contributed by atoms with Crippen LogP contribution in [0, 0.1) is 13.8 Å². The second-order valence-corrected chi connectivity index (χ2v) is 7.99. The Morgan fingerprint density at radius 2 is 1.76 bits per heavy atom. The van der Waals surface area contributed by atoms with E-state index in [-0.39, 0.29) is 12.5 Å². The van der Waals surface area contributed by atoms with E-state index in [2.05, 4.69) is 10.2 Å². The maximum atomic E-state index is 12.7. The Balaban J connectivity index is 1.79. The molecule has 0 aliphatic heterocycles. The molecule has 3 rings (SSSR count). The maximum Gasteiger partial charge on any atom is 0.240 e. The largest absolute Gasteiger partial charge is 0.485 e. The molecule has 152 valence electrons. The predicted molar refractivity (Wildman–Crippen MR) is 114 cm³/mol. The molecule has 0 bridgehead atoms. The Kier molecular flexibility index (Phi) is 6.43. The lowest BCUT2D eigenvalue weighted by molar-refractivity contribution is -0.128. The van der Waals surface area contributed by atoms with Gasteiger partial charge < -0.3 is 15.5 Å². The lowest BCUT2D eigenvalue weighted by Gasteiger charge is -2.20. The van der Waals surface area contributed by atoms with Crippen molar-refractivity contribution in [2.45, 2.75) is 30.9 Å². The van der Waals surface area contributed by atoms with Crippen LogP contribution >= 0.6 is 11.8 Å². The molecule has 0 saturated heterocycles. The summed E-state index contributed by atoms with van der Waals surface area (Å²) in [6, 6.07) is 15.5. The molecule has 1 atom stereocenters. The second-order valence-electron chi connectivity index (χ2n) is 6.92. The zero-order valence-electron chi connectivity index (χ0n) is 17.0. The Hall–Kier alpha value is -3.00. The van der Waals surface area contributed by atoms with Gasteiger partial charge in [0.25, 0.3) is 0 Å². The average Bonchev–Trinajstić information content (AvgIpc) is 3.05. The number of aromatic nitrogens is 3. The zero-order chi connectivity index (χ0) is 21.0. The van der Waals surface area contributed by atoms with Crippen LogP contribution < -0.4 is 10.6 Å². The Bertz CT molecular complexity index is 968. The van der Waals surface area contributed by atoms with E-state index in [4.69, 9.17) is 10.6 Å². The van der Waals surface area contributed by atoms with Crippen molar-refractivity contribution in [1.29, 1.82) is 0 Å². The van der Waals surface area contributed by atoms with E-state index >= 15 is 0 Å². The molecule has 3 aromatic rings. The van der Waals surface area contributed by atoms with Crippen molar-refractivity contribution in [1.82, 2.24) is 19.8 Å². The van der Waals surface area contributed by atoms with Gasteiger partial charge in [-0.2, -0.15) is 0 Å². The number of rotatable bonds is 7. The monoisotopic (exact) mass is 411 g/mol. The second kappa shape index (κ2) is 9.00. The van der Waals surface area contributed by atoms with Crippen LogP contribution in [0.25, 0.3) is 0 Å². The fourth-order valence-corrected chi connectivity index (χ4v) is 4.00. The van der Waals surface area contributed by atoms with Gasteiger partial charge in [-0.05, 0) is 30.5 Å². The Morgan fingerprint density at radius 3 is 2.38 bits per heavy atom. The lowest BCUT2D eigenvalue weighted by Crippen LogP contribution is -2.27. The number of hydrogen-bond acceptors (Lipinski definition) is 6. The first-order chi connectivity index (χ1) is 13.9. The van der Waals surface area contributed by atoms with E-state index in [1.54, 1.807) is 19.0 Å². The average molecular weight is 412 g/mol. The maximum absolute atomic E-state index is 12.7. The molecule has 0 spiro atoms. The highest BCUT2D eigenvalue weighted by molar-refractivity contribution is 8.00. The zero-order valence-corrected chi connectivity index (χ0v) is 17.8. The minimum Gasteiger partial charge on any atom is -0.485 e. The minimum absolute atomic E-state index is 0.0439. The van der Waals surface area contributed by atoms with Gasteiger partial charge in [0.1, 0.15) is 17.6 Å². The molecule has 2 aromatic carbocycles. The van der Waals surface area contributed by atoms with E-state index < -0.39 is 5.25 Å². The molecule has 1 heterocycles. The van der Waals surface area contributed by atoms with Crippen molar-refractivity contribution < 1.29 is 9.53 Å². The fourth-order valence-electron chi connectivity index (χ4n) is 2.88. The number of carbonyl (C=O) groups is 1. The van der Waals surface area contributed by atoms with Crippen LogP contribution in [0.15, 0.2) is 53.7 Å². The molecule has 8 heteroatoms. The molecule has 1 amide bonds. The van der Waals surface area contributed by atoms with Gasteiger partial charge in [0.05, 0.1) is 0 Å². The molecular weight excluding hydrogens is 386 g/mol. The van der Waals surface area contributed by atoms with Crippen molar-refractivity contribution in [3.05, 3.63) is 71.0 Å². The molecule has 0 aliphatic carbocycles. The summed E-state index contributed by atoms with van der Waals surface area (Å²) in [5.74, 6) is 7.47. The number of hydrogen-bond donors (Lipinski definition) is 1. The molecule has 29 heavy (non-hydrogen) atoms. The summed E-state index contributed by atoms with van der Waals surface area (Å²) in [6.45, 7) is 4.18. The summed E-state index contributed by atoms with van der Waals surface area (Å²) in [5, 5.41) is 8.32. The van der Waals surface area contributed by atoms with E-state index in [0.29, 0.717) is 11.0 Å². The SMILES string of the molecule is Cc1cccc(C)c1OCc1nnc(SC(C(=O)N(C)C)c2ccccc2)n1N. The predicted octanol–water partition coefficient (Wildman–Crippen LogP) is 3.11. The molecule has 7 nitrogen and oxygen atoms in total. The van der Waals surface area contributed by atoms with Crippen LogP contribution in [0.5, 0.6) is 5.75 Å². The fraction of sp³-hybridized carbons (Fsp3) is 0.286. The normalized spacial score (nSPS) is 11.9. The summed E-state index contributed by atoms with van der Waals surface area (Å²) in [4.78, 5) is 14.3. The molecule has 1 aromatic heterocycles. The third-order valence-corrected chi connectivity index (χ3v) is 5.68. The van der Waals surface area contributed by atoms with Gasteiger partial charge >= 0.3 is 0 Å². The minimum atomic E-state index is -0.468. The first kappa shape index (κ1) is 20.7. The number of aryl methyl sites for hydroxylation is 2. The number of ether oxygens (including phenoxy) is 1. The van der Waals surface area contributed by atoms with Crippen LogP contribution in [-0.2, 0) is 11.4 Å². The summed E-state index contributed by atoms with van der Waals surface area (Å²) in [6.07, 6.45) is 0. The van der Waals surface area contributed by atoms with Gasteiger partial charge in [0.2, 0.25) is 11.1 Å². The van der Waals surface area contributed by atoms with Gasteiger partial charge in [-0.3, -0.25) is 4.79 Å². The number of amides is 1. The number of thioether (sulfide) groups is 1. The first-order valence-electron chi connectivity index (χ1n) is 9.19. The summed E-state index contributed by atoms with van der Waals surface area (Å²) < 4.78 is 7.32. The smallest absolute Gasteiger partial charge is 0.240 e. The molecule has 0 aliphatic rings. The van der Waals surface area contributed by atoms with Crippen molar-refractivity contribution >= 4 is 17.7 Å². The van der Waals surface area contributed by atoms with Gasteiger partial charge in [-0.25, -0.2) is 4.68 Å². The number of nitrogen functional groups attached to an aromatic ring is 1. The highest BCUT2D eigenvalue weighted by Crippen LogP contribution is 2.35. The number of likely N-dealkylation sites (N-methyl/N-ethyl adjacent to an activating group) is 1. The van der Waals surface area contributed by atoms with E-state index in [1.807, 2.05) is 62.4 Å². The summed E-state index contributed by atoms with van der Waals surface area (Å²) in [7, 11) is 3.46. The van der Waals surface area contributed by atoms with Crippen molar-refractivity contribution in [2.75, 3.05) is 19.9 Å². The number of para-hydroxylation sites is 1. The summed E-state index contributed by atoms with van der Waals surface area (Å²) >= 11 is 1.27. The van der Waals surface area contributed by atoms with Gasteiger partial charge in [-0.1, -0.05) is 60.3 Å². The Labute approximate surface area is 174 Å². The standard InChI is InChI=1S/C21H25N5O2S/c1-14-9-8-10-15(2)18(14)28-13-17-23-24-21(26(17)22)29-19(20(27)25(3)4)16-11-6-5-7-12-16/h5-12,19H,13,22H2,1-4H3. The van der Waals surface area contributed by atoms with Crippen LogP contribution in [0.2, 0.25) is 0 Å². The van der Waals surface area contributed by atoms with Gasteiger partial charge in [-0.15, -0.1) is 10.2 Å². The lowest BCUT2D eigenvalue weighted by atomic mass is 10.1. The number of nitrogens with zero attached hydrogens (tertiary/aromatic N) is 4. The van der Waals surface area contributed by atoms with E-state index in [9.17, 15) is 4.79 Å². The van der Waals surface area contributed by atoms with Crippen molar-refractivity contribution in [3.63, 3.8) is 0 Å². The molecule has 0 fully saturated rings. The van der Waals surface area contributed by atoms with Crippen LogP contribution in [0.3, 0.4) is 0 Å². The molecule has 0 radical (unpaired) electrons. The molecular formula is C21H25N5O2S. The van der Waals surface area contributed by atoms with Crippen molar-refractivity contribution in [2.24, 2.45) is 0 Å². The van der Waals surface area contributed by atoms with Crippen molar-refractivity contribution in [3.8, 4) is 5.75 Å². The van der Waals surface area contributed by atoms with Crippen LogP contribution in [0.1, 0.15) is 27.8 Å². The highest BCUT2D eigenvalue weighted by Gasteiger charge is 2.26. The summed E-state index contributed by atoms with van der Waals surface area (Å²) in [5.41, 5.74) is 2.97. The Morgan fingerprint density at radius 1 is 1.10 bits per heavy atom. The molecule has 1 unspecified atom stereocenters. The van der Waals surface area contributed by atoms with E-state index in [0.717, 1.165) is 22.4 Å².